The number of rotatable bonds is 4. The molecule has 6 nitrogen and oxygen atoms in total. The molecule has 0 N–H and O–H groups in total. The summed E-state index contributed by atoms with van der Waals surface area (Å²) < 4.78 is 42.5. The molecule has 2 unspecified atom stereocenters. The predicted octanol–water partition coefficient (Wildman–Crippen LogP) is 1.32. The second-order valence-electron chi connectivity index (χ2n) is 5.70. The van der Waals surface area contributed by atoms with Crippen molar-refractivity contribution < 1.29 is 22.7 Å². The van der Waals surface area contributed by atoms with Crippen LogP contribution in [0, 0.1) is 0 Å². The molecule has 2 bridgehead atoms. The molecule has 1 aromatic rings. The van der Waals surface area contributed by atoms with Gasteiger partial charge in [-0.25, -0.2) is 9.97 Å². The SMILES string of the molecule is CCOC(=O)CN1C2CC1CN(c1ncc(C(F)(F)F)cn1)C2. The van der Waals surface area contributed by atoms with Gasteiger partial charge in [0.15, 0.2) is 0 Å². The largest absolute Gasteiger partial charge is 0.465 e. The molecule has 0 saturated carbocycles. The smallest absolute Gasteiger partial charge is 0.419 e. The van der Waals surface area contributed by atoms with E-state index in [4.69, 9.17) is 4.74 Å². The molecule has 2 atom stereocenters. The second-order valence-corrected chi connectivity index (χ2v) is 5.70. The molecule has 4 rings (SSSR count). The van der Waals surface area contributed by atoms with Gasteiger partial charge in [0.1, 0.15) is 0 Å². The highest BCUT2D eigenvalue weighted by molar-refractivity contribution is 5.72. The van der Waals surface area contributed by atoms with Crippen LogP contribution in [0.25, 0.3) is 0 Å². The van der Waals surface area contributed by atoms with Crippen molar-refractivity contribution in [2.75, 3.05) is 31.1 Å². The van der Waals surface area contributed by atoms with Crippen LogP contribution in [0.3, 0.4) is 0 Å². The number of halogens is 3. The Balaban J connectivity index is 1.60. The molecule has 3 saturated heterocycles. The summed E-state index contributed by atoms with van der Waals surface area (Å²) in [6.07, 6.45) is -1.85. The molecular weight excluding hydrogens is 313 g/mol. The standard InChI is InChI=1S/C14H17F3N4O2/c1-2-23-12(22)8-21-10-3-11(21)7-20(6-10)13-18-4-9(5-19-13)14(15,16)17/h4-5,10-11H,2-3,6-8H2,1H3. The number of hydrogen-bond donors (Lipinski definition) is 0. The molecule has 3 aliphatic heterocycles. The van der Waals surface area contributed by atoms with Crippen molar-refractivity contribution in [2.45, 2.75) is 31.6 Å². The topological polar surface area (TPSA) is 58.6 Å². The number of fused-ring (bicyclic) bond motifs is 2. The first-order valence-corrected chi connectivity index (χ1v) is 7.44. The Bertz CT molecular complexity index is 566. The predicted molar refractivity (Wildman–Crippen MR) is 74.8 cm³/mol. The van der Waals surface area contributed by atoms with Gasteiger partial charge in [-0.15, -0.1) is 0 Å². The van der Waals surface area contributed by atoms with E-state index in [0.29, 0.717) is 25.6 Å². The average Bonchev–Trinajstić information content (AvgIpc) is 2.52. The van der Waals surface area contributed by atoms with Crippen molar-refractivity contribution in [1.29, 1.82) is 0 Å². The molecule has 0 aliphatic carbocycles. The quantitative estimate of drug-likeness (QED) is 0.776. The van der Waals surface area contributed by atoms with Gasteiger partial charge >= 0.3 is 12.1 Å². The fourth-order valence-corrected chi connectivity index (χ4v) is 3.10. The lowest BCUT2D eigenvalue weighted by Crippen LogP contribution is -2.69. The van der Waals surface area contributed by atoms with Gasteiger partial charge in [0.25, 0.3) is 0 Å². The Morgan fingerprint density at radius 1 is 1.30 bits per heavy atom. The van der Waals surface area contributed by atoms with Gasteiger partial charge in [0.05, 0.1) is 18.7 Å². The van der Waals surface area contributed by atoms with E-state index >= 15 is 0 Å². The van der Waals surface area contributed by atoms with E-state index in [1.54, 1.807) is 6.92 Å². The van der Waals surface area contributed by atoms with Gasteiger partial charge in [-0.3, -0.25) is 9.69 Å². The van der Waals surface area contributed by atoms with Crippen LogP contribution in [0.4, 0.5) is 19.1 Å². The number of nitrogens with zero attached hydrogens (tertiary/aromatic N) is 4. The molecule has 0 amide bonds. The van der Waals surface area contributed by atoms with Gasteiger partial charge in [-0.1, -0.05) is 0 Å². The Labute approximate surface area is 131 Å². The molecule has 3 fully saturated rings. The average molecular weight is 330 g/mol. The van der Waals surface area contributed by atoms with E-state index in [2.05, 4.69) is 14.9 Å². The summed E-state index contributed by atoms with van der Waals surface area (Å²) in [6, 6.07) is 0.369. The van der Waals surface area contributed by atoms with Crippen molar-refractivity contribution in [3.05, 3.63) is 18.0 Å². The fraction of sp³-hybridized carbons (Fsp3) is 0.643. The minimum absolute atomic E-state index is 0.184. The molecule has 1 aromatic heterocycles. The fourth-order valence-electron chi connectivity index (χ4n) is 3.10. The van der Waals surface area contributed by atoms with Gasteiger partial charge in [0, 0.05) is 37.6 Å². The molecule has 0 radical (unpaired) electrons. The van der Waals surface area contributed by atoms with Crippen molar-refractivity contribution in [3.63, 3.8) is 0 Å². The number of ether oxygens (including phenoxy) is 1. The Kier molecular flexibility index (Phi) is 4.13. The van der Waals surface area contributed by atoms with E-state index in [0.717, 1.165) is 18.8 Å². The van der Waals surface area contributed by atoms with Gasteiger partial charge in [-0.2, -0.15) is 13.2 Å². The maximum absolute atomic E-state index is 12.5. The van der Waals surface area contributed by atoms with Crippen LogP contribution in [-0.2, 0) is 15.7 Å². The monoisotopic (exact) mass is 330 g/mol. The number of alkyl halides is 3. The van der Waals surface area contributed by atoms with Crippen molar-refractivity contribution in [2.24, 2.45) is 0 Å². The maximum Gasteiger partial charge on any atom is 0.419 e. The normalized spacial score (nSPS) is 24.3. The highest BCUT2D eigenvalue weighted by Crippen LogP contribution is 2.34. The Morgan fingerprint density at radius 2 is 1.91 bits per heavy atom. The number of carbonyl (C=O) groups excluding carboxylic acids is 1. The highest BCUT2D eigenvalue weighted by atomic mass is 19.4. The van der Waals surface area contributed by atoms with Crippen LogP contribution in [0.1, 0.15) is 18.9 Å². The third-order valence-electron chi connectivity index (χ3n) is 4.21. The van der Waals surface area contributed by atoms with E-state index in [-0.39, 0.29) is 24.6 Å². The summed E-state index contributed by atoms with van der Waals surface area (Å²) in [5.41, 5.74) is -0.854. The summed E-state index contributed by atoms with van der Waals surface area (Å²) in [6.45, 7) is 3.57. The summed E-state index contributed by atoms with van der Waals surface area (Å²) >= 11 is 0. The number of esters is 1. The first kappa shape index (κ1) is 16.0. The van der Waals surface area contributed by atoms with Crippen molar-refractivity contribution in [3.8, 4) is 0 Å². The highest BCUT2D eigenvalue weighted by Gasteiger charge is 2.46. The zero-order chi connectivity index (χ0) is 16.6. The van der Waals surface area contributed by atoms with E-state index in [9.17, 15) is 18.0 Å². The van der Waals surface area contributed by atoms with Crippen LogP contribution >= 0.6 is 0 Å². The molecule has 23 heavy (non-hydrogen) atoms. The lowest BCUT2D eigenvalue weighted by molar-refractivity contribution is -0.149. The molecule has 126 valence electrons. The van der Waals surface area contributed by atoms with Gasteiger partial charge in [0.2, 0.25) is 5.95 Å². The second kappa shape index (κ2) is 5.95. The zero-order valence-electron chi connectivity index (χ0n) is 12.6. The first-order chi connectivity index (χ1) is 10.9. The Hall–Kier alpha value is -1.90. The lowest BCUT2D eigenvalue weighted by Gasteiger charge is -2.55. The third kappa shape index (κ3) is 3.24. The lowest BCUT2D eigenvalue weighted by atomic mass is 9.87. The van der Waals surface area contributed by atoms with E-state index < -0.39 is 11.7 Å². The van der Waals surface area contributed by atoms with Crippen LogP contribution < -0.4 is 4.90 Å². The van der Waals surface area contributed by atoms with Crippen molar-refractivity contribution in [1.82, 2.24) is 14.9 Å². The molecule has 0 aromatic carbocycles. The van der Waals surface area contributed by atoms with Gasteiger partial charge < -0.3 is 9.64 Å². The van der Waals surface area contributed by atoms with Gasteiger partial charge in [-0.05, 0) is 13.3 Å². The van der Waals surface area contributed by atoms with E-state index in [1.165, 1.54) is 0 Å². The van der Waals surface area contributed by atoms with Crippen molar-refractivity contribution >= 4 is 11.9 Å². The molecule has 4 heterocycles. The molecule has 0 spiro atoms. The maximum atomic E-state index is 12.5. The van der Waals surface area contributed by atoms with Crippen LogP contribution in [-0.4, -0.2) is 59.2 Å². The number of piperidine rings is 1. The summed E-state index contributed by atoms with van der Waals surface area (Å²) in [5, 5.41) is 0. The van der Waals surface area contributed by atoms with Crippen LogP contribution in [0.15, 0.2) is 12.4 Å². The van der Waals surface area contributed by atoms with Crippen LogP contribution in [0.2, 0.25) is 0 Å². The molecular formula is C14H17F3N4O2. The number of piperazine rings is 1. The van der Waals surface area contributed by atoms with E-state index in [1.807, 2.05) is 4.90 Å². The number of anilines is 1. The molecule has 3 aliphatic rings. The minimum atomic E-state index is -4.43. The summed E-state index contributed by atoms with van der Waals surface area (Å²) in [5.74, 6) is 0.0462. The van der Waals surface area contributed by atoms with Crippen LogP contribution in [0.5, 0.6) is 0 Å². The number of carbonyl (C=O) groups is 1. The summed E-state index contributed by atoms with van der Waals surface area (Å²) in [4.78, 5) is 23.1. The molecule has 9 heteroatoms. The summed E-state index contributed by atoms with van der Waals surface area (Å²) in [7, 11) is 0. The third-order valence-corrected chi connectivity index (χ3v) is 4.21. The minimum Gasteiger partial charge on any atom is -0.465 e. The first-order valence-electron chi connectivity index (χ1n) is 7.44. The Morgan fingerprint density at radius 3 is 2.43 bits per heavy atom. The number of aromatic nitrogens is 2. The number of hydrogen-bond acceptors (Lipinski definition) is 6. The zero-order valence-corrected chi connectivity index (χ0v) is 12.6.